The predicted molar refractivity (Wildman–Crippen MR) is 138 cm³/mol. The number of hydrogen-bond donors (Lipinski definition) is 1. The molecule has 8 heteroatoms. The van der Waals surface area contributed by atoms with Crippen LogP contribution in [0.2, 0.25) is 5.02 Å². The first-order valence-electron chi connectivity index (χ1n) is 11.4. The highest BCUT2D eigenvalue weighted by Crippen LogP contribution is 2.34. The number of carbonyl (C=O) groups excluding carboxylic acids is 1. The molecule has 1 aliphatic rings. The molecule has 7 nitrogen and oxygen atoms in total. The van der Waals surface area contributed by atoms with Crippen LogP contribution in [0, 0.1) is 11.3 Å². The average Bonchev–Trinajstić information content (AvgIpc) is 3.46. The lowest BCUT2D eigenvalue weighted by Gasteiger charge is -2.20. The smallest absolute Gasteiger partial charge is 0.256 e. The molecule has 36 heavy (non-hydrogen) atoms. The van der Waals surface area contributed by atoms with Crippen LogP contribution in [-0.2, 0) is 6.61 Å². The number of benzene rings is 3. The number of nitrogens with zero attached hydrogens (tertiary/aromatic N) is 4. The maximum Gasteiger partial charge on any atom is 0.256 e. The molecular weight excluding hydrogens is 474 g/mol. The summed E-state index contributed by atoms with van der Waals surface area (Å²) in [5, 5.41) is 10.4. The molecule has 1 aromatic heterocycles. The van der Waals surface area contributed by atoms with E-state index in [0.29, 0.717) is 63.8 Å². The Kier molecular flexibility index (Phi) is 6.63. The highest BCUT2D eigenvalue weighted by atomic mass is 35.5. The van der Waals surface area contributed by atoms with Crippen LogP contribution in [0.25, 0.3) is 10.9 Å². The summed E-state index contributed by atoms with van der Waals surface area (Å²) in [6.45, 7) is 1.45. The van der Waals surface area contributed by atoms with Crippen LogP contribution in [0.3, 0.4) is 0 Å². The van der Waals surface area contributed by atoms with Gasteiger partial charge in [0, 0.05) is 24.0 Å². The zero-order chi connectivity index (χ0) is 25.1. The Morgan fingerprint density at radius 2 is 1.89 bits per heavy atom. The van der Waals surface area contributed by atoms with Crippen LogP contribution in [0.15, 0.2) is 79.1 Å². The molecular formula is C28H22ClN5O2. The summed E-state index contributed by atoms with van der Waals surface area (Å²) in [5.41, 5.74) is 10.2. The Hall–Kier alpha value is -4.25. The molecule has 0 radical (unpaired) electrons. The van der Waals surface area contributed by atoms with Gasteiger partial charge in [0.1, 0.15) is 18.7 Å². The summed E-state index contributed by atoms with van der Waals surface area (Å²) in [4.78, 5) is 23.5. The SMILES string of the molecule is N#Cc1ccc(OCc2ccccc2)c(C(N)c2ncnc3cc(C(=O)N4CC=CC4)c(Cl)cc23)c1. The van der Waals surface area contributed by atoms with E-state index < -0.39 is 6.04 Å². The third-order valence-corrected chi connectivity index (χ3v) is 6.41. The van der Waals surface area contributed by atoms with Crippen molar-refractivity contribution in [1.82, 2.24) is 14.9 Å². The number of aromatic nitrogens is 2. The second-order valence-electron chi connectivity index (χ2n) is 8.41. The van der Waals surface area contributed by atoms with Crippen molar-refractivity contribution in [3.05, 3.63) is 112 Å². The first kappa shape index (κ1) is 23.5. The molecule has 5 rings (SSSR count). The summed E-state index contributed by atoms with van der Waals surface area (Å²) in [7, 11) is 0. The Morgan fingerprint density at radius 1 is 1.11 bits per heavy atom. The molecule has 3 aromatic carbocycles. The first-order valence-corrected chi connectivity index (χ1v) is 11.8. The maximum atomic E-state index is 12.9. The first-order chi connectivity index (χ1) is 17.5. The lowest BCUT2D eigenvalue weighted by atomic mass is 9.97. The van der Waals surface area contributed by atoms with Crippen LogP contribution in [0.1, 0.15) is 38.8 Å². The van der Waals surface area contributed by atoms with Gasteiger partial charge in [-0.05, 0) is 35.9 Å². The zero-order valence-corrected chi connectivity index (χ0v) is 20.0. The quantitative estimate of drug-likeness (QED) is 0.385. The lowest BCUT2D eigenvalue weighted by molar-refractivity contribution is 0.0800. The monoisotopic (exact) mass is 495 g/mol. The van der Waals surface area contributed by atoms with E-state index in [4.69, 9.17) is 22.1 Å². The van der Waals surface area contributed by atoms with Crippen molar-refractivity contribution in [2.75, 3.05) is 13.1 Å². The average molecular weight is 496 g/mol. The third-order valence-electron chi connectivity index (χ3n) is 6.10. The van der Waals surface area contributed by atoms with Crippen molar-refractivity contribution >= 4 is 28.4 Å². The predicted octanol–water partition coefficient (Wildman–Crippen LogP) is 4.79. The van der Waals surface area contributed by atoms with E-state index in [0.717, 1.165) is 5.56 Å². The van der Waals surface area contributed by atoms with E-state index in [1.54, 1.807) is 35.2 Å². The van der Waals surface area contributed by atoms with Crippen molar-refractivity contribution < 1.29 is 9.53 Å². The highest BCUT2D eigenvalue weighted by molar-refractivity contribution is 6.34. The molecule has 0 saturated carbocycles. The Balaban J connectivity index is 1.52. The summed E-state index contributed by atoms with van der Waals surface area (Å²) in [5.74, 6) is 0.395. The molecule has 1 aliphatic heterocycles. The summed E-state index contributed by atoms with van der Waals surface area (Å²) >= 11 is 6.56. The molecule has 0 spiro atoms. The van der Waals surface area contributed by atoms with Gasteiger partial charge in [-0.3, -0.25) is 4.79 Å². The van der Waals surface area contributed by atoms with E-state index in [2.05, 4.69) is 16.0 Å². The second-order valence-corrected chi connectivity index (χ2v) is 8.81. The summed E-state index contributed by atoms with van der Waals surface area (Å²) in [6.07, 6.45) is 5.30. The minimum absolute atomic E-state index is 0.158. The fraction of sp³-hybridized carbons (Fsp3) is 0.143. The van der Waals surface area contributed by atoms with E-state index in [1.165, 1.54) is 6.33 Å². The number of hydrogen-bond acceptors (Lipinski definition) is 6. The number of nitrogens with two attached hydrogens (primary N) is 1. The molecule has 4 aromatic rings. The second kappa shape index (κ2) is 10.2. The van der Waals surface area contributed by atoms with Crippen LogP contribution >= 0.6 is 11.6 Å². The molecule has 1 amide bonds. The number of carbonyl (C=O) groups is 1. The number of amides is 1. The van der Waals surface area contributed by atoms with Gasteiger partial charge in [-0.25, -0.2) is 9.97 Å². The highest BCUT2D eigenvalue weighted by Gasteiger charge is 2.23. The van der Waals surface area contributed by atoms with Gasteiger partial charge in [0.25, 0.3) is 5.91 Å². The van der Waals surface area contributed by atoms with Gasteiger partial charge in [-0.1, -0.05) is 54.1 Å². The van der Waals surface area contributed by atoms with Crippen LogP contribution in [0.5, 0.6) is 5.75 Å². The van der Waals surface area contributed by atoms with E-state index >= 15 is 0 Å². The molecule has 2 N–H and O–H groups in total. The molecule has 1 atom stereocenters. The van der Waals surface area contributed by atoms with Gasteiger partial charge in [0.05, 0.1) is 39.5 Å². The van der Waals surface area contributed by atoms with E-state index in [1.807, 2.05) is 42.5 Å². The van der Waals surface area contributed by atoms with Crippen molar-refractivity contribution in [3.63, 3.8) is 0 Å². The van der Waals surface area contributed by atoms with Crippen molar-refractivity contribution in [1.29, 1.82) is 5.26 Å². The molecule has 0 saturated heterocycles. The summed E-state index contributed by atoms with van der Waals surface area (Å²) in [6, 6.07) is 19.7. The van der Waals surface area contributed by atoms with Gasteiger partial charge in [-0.15, -0.1) is 0 Å². The van der Waals surface area contributed by atoms with Gasteiger partial charge in [0.15, 0.2) is 0 Å². The van der Waals surface area contributed by atoms with E-state index in [9.17, 15) is 10.1 Å². The number of halogens is 1. The minimum atomic E-state index is -0.727. The fourth-order valence-electron chi connectivity index (χ4n) is 4.20. The number of fused-ring (bicyclic) bond motifs is 1. The molecule has 2 heterocycles. The molecule has 178 valence electrons. The van der Waals surface area contributed by atoms with Crippen molar-refractivity contribution in [2.45, 2.75) is 12.6 Å². The largest absolute Gasteiger partial charge is 0.489 e. The zero-order valence-electron chi connectivity index (χ0n) is 19.3. The van der Waals surface area contributed by atoms with Gasteiger partial charge in [0.2, 0.25) is 0 Å². The molecule has 0 fully saturated rings. The summed E-state index contributed by atoms with van der Waals surface area (Å²) < 4.78 is 6.09. The number of rotatable bonds is 6. The Morgan fingerprint density at radius 3 is 2.64 bits per heavy atom. The third kappa shape index (κ3) is 4.65. The van der Waals surface area contributed by atoms with Crippen LogP contribution in [-0.4, -0.2) is 33.9 Å². The van der Waals surface area contributed by atoms with Crippen molar-refractivity contribution in [2.24, 2.45) is 5.73 Å². The normalized spacial score (nSPS) is 13.5. The lowest BCUT2D eigenvalue weighted by Crippen LogP contribution is -2.28. The Bertz CT molecular complexity index is 1510. The maximum absolute atomic E-state index is 12.9. The van der Waals surface area contributed by atoms with Gasteiger partial charge in [-0.2, -0.15) is 5.26 Å². The fourth-order valence-corrected chi connectivity index (χ4v) is 4.44. The number of nitriles is 1. The van der Waals surface area contributed by atoms with Crippen LogP contribution < -0.4 is 10.5 Å². The Labute approximate surface area is 213 Å². The van der Waals surface area contributed by atoms with E-state index in [-0.39, 0.29) is 5.91 Å². The van der Waals surface area contributed by atoms with Crippen molar-refractivity contribution in [3.8, 4) is 11.8 Å². The van der Waals surface area contributed by atoms with Crippen LogP contribution in [0.4, 0.5) is 0 Å². The van der Waals surface area contributed by atoms with Gasteiger partial charge >= 0.3 is 0 Å². The standard InChI is InChI=1S/C28H22ClN5O2/c29-23-13-21-24(14-20(23)28(35)34-10-4-5-11-34)32-17-33-27(21)26(31)22-12-19(15-30)8-9-25(22)36-16-18-6-2-1-3-7-18/h1-9,12-14,17,26H,10-11,16,31H2. The minimum Gasteiger partial charge on any atom is -0.489 e. The topological polar surface area (TPSA) is 105 Å². The molecule has 0 bridgehead atoms. The van der Waals surface area contributed by atoms with Gasteiger partial charge < -0.3 is 15.4 Å². The molecule has 1 unspecified atom stereocenters. The molecule has 0 aliphatic carbocycles. The number of ether oxygens (including phenoxy) is 1.